The Bertz CT molecular complexity index is 671. The summed E-state index contributed by atoms with van der Waals surface area (Å²) in [6, 6.07) is 13.8. The van der Waals surface area contributed by atoms with E-state index in [1.165, 1.54) is 5.56 Å². The van der Waals surface area contributed by atoms with Gasteiger partial charge in [0.05, 0.1) is 20.8 Å². The van der Waals surface area contributed by atoms with Crippen molar-refractivity contribution in [1.29, 1.82) is 0 Å². The Morgan fingerprint density at radius 2 is 1.75 bits per heavy atom. The smallest absolute Gasteiger partial charge is 0.161 e. The SMILES string of the molecule is CCOc1ccc(C(=S)NCCc2ccc(OC)cc2)cc1OC. The molecule has 0 saturated carbocycles. The van der Waals surface area contributed by atoms with E-state index in [4.69, 9.17) is 26.4 Å². The van der Waals surface area contributed by atoms with Gasteiger partial charge in [0.1, 0.15) is 10.7 Å². The van der Waals surface area contributed by atoms with E-state index in [2.05, 4.69) is 17.4 Å². The lowest BCUT2D eigenvalue weighted by Crippen LogP contribution is -2.24. The van der Waals surface area contributed by atoms with Gasteiger partial charge in [0.2, 0.25) is 0 Å². The van der Waals surface area contributed by atoms with Crippen LogP contribution in [0.1, 0.15) is 18.1 Å². The lowest BCUT2D eigenvalue weighted by atomic mass is 10.1. The summed E-state index contributed by atoms with van der Waals surface area (Å²) in [5.74, 6) is 2.28. The van der Waals surface area contributed by atoms with Crippen LogP contribution in [0.5, 0.6) is 17.2 Å². The fourth-order valence-electron chi connectivity index (χ4n) is 2.30. The Morgan fingerprint density at radius 1 is 1.00 bits per heavy atom. The maximum Gasteiger partial charge on any atom is 0.161 e. The number of hydrogen-bond acceptors (Lipinski definition) is 4. The van der Waals surface area contributed by atoms with Crippen LogP contribution in [0, 0.1) is 0 Å². The average Bonchev–Trinajstić information content (AvgIpc) is 2.62. The number of ether oxygens (including phenoxy) is 3. The van der Waals surface area contributed by atoms with Crippen molar-refractivity contribution in [3.63, 3.8) is 0 Å². The van der Waals surface area contributed by atoms with Gasteiger partial charge in [0, 0.05) is 12.1 Å². The van der Waals surface area contributed by atoms with Gasteiger partial charge in [-0.2, -0.15) is 0 Å². The Balaban J connectivity index is 1.91. The number of nitrogens with one attached hydrogen (secondary N) is 1. The van der Waals surface area contributed by atoms with E-state index < -0.39 is 0 Å². The van der Waals surface area contributed by atoms with Gasteiger partial charge in [-0.05, 0) is 49.2 Å². The lowest BCUT2D eigenvalue weighted by molar-refractivity contribution is 0.311. The number of hydrogen-bond donors (Lipinski definition) is 1. The first-order chi connectivity index (χ1) is 11.7. The molecule has 128 valence electrons. The molecule has 0 bridgehead atoms. The van der Waals surface area contributed by atoms with Gasteiger partial charge in [0.15, 0.2) is 11.5 Å². The first-order valence-electron chi connectivity index (χ1n) is 7.90. The van der Waals surface area contributed by atoms with Crippen LogP contribution in [0.4, 0.5) is 0 Å². The second kappa shape index (κ2) is 9.13. The summed E-state index contributed by atoms with van der Waals surface area (Å²) in [6.07, 6.45) is 0.887. The number of thiocarbonyl (C=S) groups is 1. The van der Waals surface area contributed by atoms with Crippen molar-refractivity contribution in [2.45, 2.75) is 13.3 Å². The van der Waals surface area contributed by atoms with Crippen molar-refractivity contribution >= 4 is 17.2 Å². The molecule has 0 aliphatic carbocycles. The predicted octanol–water partition coefficient (Wildman–Crippen LogP) is 3.61. The first kappa shape index (κ1) is 18.1. The molecule has 0 radical (unpaired) electrons. The molecule has 0 fully saturated rings. The van der Waals surface area contributed by atoms with Crippen molar-refractivity contribution in [3.05, 3.63) is 53.6 Å². The van der Waals surface area contributed by atoms with E-state index in [1.807, 2.05) is 37.3 Å². The van der Waals surface area contributed by atoms with Crippen molar-refractivity contribution in [2.75, 3.05) is 27.4 Å². The van der Waals surface area contributed by atoms with Crippen molar-refractivity contribution in [2.24, 2.45) is 0 Å². The fourth-order valence-corrected chi connectivity index (χ4v) is 2.53. The molecule has 0 aliphatic heterocycles. The molecular formula is C19H23NO3S. The molecule has 0 atom stereocenters. The molecule has 0 saturated heterocycles. The zero-order valence-electron chi connectivity index (χ0n) is 14.3. The third-order valence-electron chi connectivity index (χ3n) is 3.58. The molecule has 0 aromatic heterocycles. The molecule has 4 nitrogen and oxygen atoms in total. The maximum absolute atomic E-state index is 5.52. The standard InChI is InChI=1S/C19H23NO3S/c1-4-23-17-10-7-15(13-18(17)22-3)19(24)20-12-11-14-5-8-16(21-2)9-6-14/h5-10,13H,4,11-12H2,1-3H3,(H,20,24). The van der Waals surface area contributed by atoms with Crippen LogP contribution in [-0.2, 0) is 6.42 Å². The molecule has 2 aromatic rings. The molecule has 0 spiro atoms. The molecule has 2 aromatic carbocycles. The minimum Gasteiger partial charge on any atom is -0.497 e. The molecule has 0 aliphatic rings. The lowest BCUT2D eigenvalue weighted by Gasteiger charge is -2.13. The molecular weight excluding hydrogens is 322 g/mol. The van der Waals surface area contributed by atoms with Crippen LogP contribution < -0.4 is 19.5 Å². The number of methoxy groups -OCH3 is 2. The van der Waals surface area contributed by atoms with E-state index in [1.54, 1.807) is 14.2 Å². The summed E-state index contributed by atoms with van der Waals surface area (Å²) in [6.45, 7) is 3.31. The zero-order valence-corrected chi connectivity index (χ0v) is 15.1. The molecule has 0 amide bonds. The minimum absolute atomic E-state index is 0.597. The van der Waals surface area contributed by atoms with Crippen LogP contribution in [0.2, 0.25) is 0 Å². The third-order valence-corrected chi connectivity index (χ3v) is 3.96. The molecule has 5 heteroatoms. The van der Waals surface area contributed by atoms with Gasteiger partial charge >= 0.3 is 0 Å². The van der Waals surface area contributed by atoms with E-state index >= 15 is 0 Å². The molecule has 0 unspecified atom stereocenters. The van der Waals surface area contributed by atoms with Crippen molar-refractivity contribution in [1.82, 2.24) is 5.32 Å². The summed E-state index contributed by atoms with van der Waals surface area (Å²) in [7, 11) is 3.29. The van der Waals surface area contributed by atoms with Crippen molar-refractivity contribution in [3.8, 4) is 17.2 Å². The summed E-state index contributed by atoms with van der Waals surface area (Å²) in [5, 5.41) is 3.28. The zero-order chi connectivity index (χ0) is 17.4. The number of rotatable bonds is 8. The van der Waals surface area contributed by atoms with Gasteiger partial charge in [-0.15, -0.1) is 0 Å². The van der Waals surface area contributed by atoms with Crippen LogP contribution in [0.15, 0.2) is 42.5 Å². The Labute approximate surface area is 148 Å². The van der Waals surface area contributed by atoms with Gasteiger partial charge in [0.25, 0.3) is 0 Å². The van der Waals surface area contributed by atoms with E-state index in [0.29, 0.717) is 17.3 Å². The van der Waals surface area contributed by atoms with E-state index in [0.717, 1.165) is 30.0 Å². The highest BCUT2D eigenvalue weighted by Crippen LogP contribution is 2.28. The molecule has 1 N–H and O–H groups in total. The molecule has 24 heavy (non-hydrogen) atoms. The Hall–Kier alpha value is -2.27. The second-order valence-electron chi connectivity index (χ2n) is 5.15. The third kappa shape index (κ3) is 4.86. The highest BCUT2D eigenvalue weighted by atomic mass is 32.1. The summed E-state index contributed by atoms with van der Waals surface area (Å²) >= 11 is 5.46. The van der Waals surface area contributed by atoms with E-state index in [9.17, 15) is 0 Å². The van der Waals surface area contributed by atoms with Gasteiger partial charge in [-0.3, -0.25) is 0 Å². The summed E-state index contributed by atoms with van der Waals surface area (Å²) in [5.41, 5.74) is 2.15. The summed E-state index contributed by atoms with van der Waals surface area (Å²) < 4.78 is 16.0. The predicted molar refractivity (Wildman–Crippen MR) is 101 cm³/mol. The van der Waals surface area contributed by atoms with E-state index in [-0.39, 0.29) is 0 Å². The van der Waals surface area contributed by atoms with Crippen LogP contribution >= 0.6 is 12.2 Å². The fraction of sp³-hybridized carbons (Fsp3) is 0.316. The maximum atomic E-state index is 5.52. The second-order valence-corrected chi connectivity index (χ2v) is 5.56. The summed E-state index contributed by atoms with van der Waals surface area (Å²) in [4.78, 5) is 0.699. The average molecular weight is 345 g/mol. The van der Waals surface area contributed by atoms with Gasteiger partial charge < -0.3 is 19.5 Å². The topological polar surface area (TPSA) is 39.7 Å². The molecule has 0 heterocycles. The van der Waals surface area contributed by atoms with Crippen LogP contribution in [0.25, 0.3) is 0 Å². The minimum atomic E-state index is 0.597. The van der Waals surface area contributed by atoms with Crippen LogP contribution in [0.3, 0.4) is 0 Å². The van der Waals surface area contributed by atoms with Gasteiger partial charge in [-0.25, -0.2) is 0 Å². The normalized spacial score (nSPS) is 10.1. The quantitative estimate of drug-likeness (QED) is 0.740. The Kier molecular flexibility index (Phi) is 6.88. The van der Waals surface area contributed by atoms with Crippen molar-refractivity contribution < 1.29 is 14.2 Å². The highest BCUT2D eigenvalue weighted by Gasteiger charge is 2.08. The van der Waals surface area contributed by atoms with Crippen LogP contribution in [-0.4, -0.2) is 32.4 Å². The monoisotopic (exact) mass is 345 g/mol. The first-order valence-corrected chi connectivity index (χ1v) is 8.30. The molecule has 2 rings (SSSR count). The number of benzene rings is 2. The van der Waals surface area contributed by atoms with Gasteiger partial charge in [-0.1, -0.05) is 24.4 Å². The largest absolute Gasteiger partial charge is 0.497 e. The highest BCUT2D eigenvalue weighted by molar-refractivity contribution is 7.80. The Morgan fingerprint density at radius 3 is 2.38 bits per heavy atom.